The van der Waals surface area contributed by atoms with E-state index < -0.39 is 28.5 Å². The summed E-state index contributed by atoms with van der Waals surface area (Å²) in [4.78, 5) is 22.3. The van der Waals surface area contributed by atoms with E-state index in [1.165, 1.54) is 18.2 Å². The third-order valence-corrected chi connectivity index (χ3v) is 3.32. The topological polar surface area (TPSA) is 111 Å². The second kappa shape index (κ2) is 9.07. The average molecular weight is 366 g/mol. The van der Waals surface area contributed by atoms with E-state index in [-0.39, 0.29) is 18.4 Å². The number of carbonyl (C=O) groups excluding carboxylic acids is 1. The quantitative estimate of drug-likeness (QED) is 0.414. The summed E-state index contributed by atoms with van der Waals surface area (Å²) in [5.74, 6) is -0.104. The lowest BCUT2D eigenvalue weighted by Crippen LogP contribution is -2.39. The van der Waals surface area contributed by atoms with Crippen LogP contribution in [0.15, 0.2) is 30.5 Å². The SMILES string of the molecule is C=C(OCC)C(Cc1ccc(O)c([N+](=O)[O-])c1)NC(=O)OCC(C)(C)C. The Morgan fingerprint density at radius 3 is 2.58 bits per heavy atom. The van der Waals surface area contributed by atoms with Crippen molar-refractivity contribution in [2.24, 2.45) is 5.41 Å². The molecule has 0 aliphatic carbocycles. The molecule has 144 valence electrons. The Balaban J connectivity index is 2.90. The summed E-state index contributed by atoms with van der Waals surface area (Å²) in [6.45, 7) is 12.0. The van der Waals surface area contributed by atoms with E-state index >= 15 is 0 Å². The van der Waals surface area contributed by atoms with E-state index in [0.29, 0.717) is 17.9 Å². The molecule has 1 aromatic carbocycles. The van der Waals surface area contributed by atoms with Gasteiger partial charge in [0.15, 0.2) is 5.75 Å². The van der Waals surface area contributed by atoms with Gasteiger partial charge in [-0.1, -0.05) is 33.4 Å². The number of benzene rings is 1. The number of nitrogens with zero attached hydrogens (tertiary/aromatic N) is 1. The van der Waals surface area contributed by atoms with Crippen molar-refractivity contribution in [2.45, 2.75) is 40.2 Å². The molecule has 0 heterocycles. The smallest absolute Gasteiger partial charge is 0.407 e. The Morgan fingerprint density at radius 2 is 2.04 bits per heavy atom. The second-order valence-corrected chi connectivity index (χ2v) is 7.02. The lowest BCUT2D eigenvalue weighted by molar-refractivity contribution is -0.385. The Hall–Kier alpha value is -2.77. The van der Waals surface area contributed by atoms with Crippen molar-refractivity contribution in [1.82, 2.24) is 5.32 Å². The van der Waals surface area contributed by atoms with Crippen LogP contribution in [0.3, 0.4) is 0 Å². The molecule has 26 heavy (non-hydrogen) atoms. The molecule has 2 N–H and O–H groups in total. The van der Waals surface area contributed by atoms with E-state index in [2.05, 4.69) is 11.9 Å². The number of amides is 1. The molecule has 0 fully saturated rings. The molecule has 1 aromatic rings. The first-order valence-corrected chi connectivity index (χ1v) is 8.24. The molecule has 1 atom stereocenters. The van der Waals surface area contributed by atoms with Gasteiger partial charge >= 0.3 is 11.8 Å². The fraction of sp³-hybridized carbons (Fsp3) is 0.500. The number of ether oxygens (including phenoxy) is 2. The Kier molecular flexibility index (Phi) is 7.42. The number of nitrogens with one attached hydrogen (secondary N) is 1. The van der Waals surface area contributed by atoms with Crippen LogP contribution in [0.1, 0.15) is 33.3 Å². The van der Waals surface area contributed by atoms with Crippen LogP contribution in [0.5, 0.6) is 5.75 Å². The second-order valence-electron chi connectivity index (χ2n) is 7.02. The standard InChI is InChI=1S/C18H26N2O6/c1-6-25-12(2)14(19-17(22)26-11-18(3,4)5)9-13-7-8-16(21)15(10-13)20(23)24/h7-8,10,14,21H,2,6,9,11H2,1,3-5H3,(H,19,22). The number of phenolic OH excluding ortho intramolecular Hbond substituents is 1. The molecule has 0 spiro atoms. The first-order valence-electron chi connectivity index (χ1n) is 8.24. The molecule has 0 aromatic heterocycles. The summed E-state index contributed by atoms with van der Waals surface area (Å²) in [5.41, 5.74) is -0.0449. The first-order chi connectivity index (χ1) is 12.0. The number of phenols is 1. The van der Waals surface area contributed by atoms with Crippen LogP contribution in [0.4, 0.5) is 10.5 Å². The van der Waals surface area contributed by atoms with Gasteiger partial charge in [-0.3, -0.25) is 10.1 Å². The number of hydrogen-bond acceptors (Lipinski definition) is 6. The summed E-state index contributed by atoms with van der Waals surface area (Å²) >= 11 is 0. The summed E-state index contributed by atoms with van der Waals surface area (Å²) in [6, 6.07) is 3.40. The highest BCUT2D eigenvalue weighted by Gasteiger charge is 2.22. The number of carbonyl (C=O) groups is 1. The molecule has 1 unspecified atom stereocenters. The largest absolute Gasteiger partial charge is 0.502 e. The van der Waals surface area contributed by atoms with Crippen molar-refractivity contribution < 1.29 is 24.3 Å². The van der Waals surface area contributed by atoms with Crippen LogP contribution < -0.4 is 5.32 Å². The molecule has 1 rings (SSSR count). The molecule has 0 bridgehead atoms. The van der Waals surface area contributed by atoms with Gasteiger partial charge in [-0.25, -0.2) is 4.79 Å². The fourth-order valence-electron chi connectivity index (χ4n) is 2.08. The van der Waals surface area contributed by atoms with Crippen LogP contribution in [-0.2, 0) is 15.9 Å². The van der Waals surface area contributed by atoms with Gasteiger partial charge in [0.1, 0.15) is 5.76 Å². The summed E-state index contributed by atoms with van der Waals surface area (Å²) in [7, 11) is 0. The van der Waals surface area contributed by atoms with Crippen LogP contribution >= 0.6 is 0 Å². The summed E-state index contributed by atoms with van der Waals surface area (Å²) in [5, 5.41) is 23.2. The van der Waals surface area contributed by atoms with Crippen LogP contribution in [-0.4, -0.2) is 35.4 Å². The number of aromatic hydroxyl groups is 1. The van der Waals surface area contributed by atoms with Gasteiger partial charge in [0, 0.05) is 12.5 Å². The highest BCUT2D eigenvalue weighted by molar-refractivity contribution is 5.68. The molecule has 8 heteroatoms. The van der Waals surface area contributed by atoms with Crippen molar-refractivity contribution in [1.29, 1.82) is 0 Å². The Bertz CT molecular complexity index is 666. The summed E-state index contributed by atoms with van der Waals surface area (Å²) in [6.07, 6.45) is -0.427. The van der Waals surface area contributed by atoms with Crippen LogP contribution in [0.25, 0.3) is 0 Å². The van der Waals surface area contributed by atoms with E-state index in [1.807, 2.05) is 20.8 Å². The van der Waals surface area contributed by atoms with Gasteiger partial charge < -0.3 is 19.9 Å². The van der Waals surface area contributed by atoms with Gasteiger partial charge in [-0.15, -0.1) is 0 Å². The van der Waals surface area contributed by atoms with Crippen LogP contribution in [0, 0.1) is 15.5 Å². The molecule has 0 radical (unpaired) electrons. The molecule has 0 aliphatic heterocycles. The minimum absolute atomic E-state index is 0.179. The Morgan fingerprint density at radius 1 is 1.38 bits per heavy atom. The molecular weight excluding hydrogens is 340 g/mol. The number of nitro benzene ring substituents is 1. The average Bonchev–Trinajstić information content (AvgIpc) is 2.53. The van der Waals surface area contributed by atoms with Gasteiger partial charge in [0.2, 0.25) is 0 Å². The summed E-state index contributed by atoms with van der Waals surface area (Å²) < 4.78 is 10.6. The molecule has 0 saturated carbocycles. The molecule has 1 amide bonds. The number of nitro groups is 1. The lowest BCUT2D eigenvalue weighted by atomic mass is 9.99. The molecular formula is C18H26N2O6. The van der Waals surface area contributed by atoms with E-state index in [0.717, 1.165) is 0 Å². The van der Waals surface area contributed by atoms with Gasteiger partial charge in [0.25, 0.3) is 0 Å². The minimum atomic E-state index is -0.670. The Labute approximate surface area is 153 Å². The van der Waals surface area contributed by atoms with Gasteiger partial charge in [-0.2, -0.15) is 0 Å². The molecule has 0 saturated heterocycles. The first kappa shape index (κ1) is 21.3. The molecule has 0 aliphatic rings. The van der Waals surface area contributed by atoms with Crippen molar-refractivity contribution in [2.75, 3.05) is 13.2 Å². The molecule has 8 nitrogen and oxygen atoms in total. The normalized spacial score (nSPS) is 12.2. The monoisotopic (exact) mass is 366 g/mol. The van der Waals surface area contributed by atoms with Crippen molar-refractivity contribution in [3.63, 3.8) is 0 Å². The number of rotatable bonds is 8. The van der Waals surface area contributed by atoms with E-state index in [9.17, 15) is 20.0 Å². The number of alkyl carbamates (subject to hydrolysis) is 1. The zero-order chi connectivity index (χ0) is 19.9. The van der Waals surface area contributed by atoms with Crippen molar-refractivity contribution in [3.8, 4) is 5.75 Å². The van der Waals surface area contributed by atoms with Gasteiger partial charge in [-0.05, 0) is 24.0 Å². The third kappa shape index (κ3) is 7.00. The lowest BCUT2D eigenvalue weighted by Gasteiger charge is -2.23. The van der Waals surface area contributed by atoms with Crippen LogP contribution in [0.2, 0.25) is 0 Å². The minimum Gasteiger partial charge on any atom is -0.502 e. The predicted octanol–water partition coefficient (Wildman–Crippen LogP) is 3.53. The number of hydrogen-bond donors (Lipinski definition) is 2. The maximum atomic E-state index is 12.1. The highest BCUT2D eigenvalue weighted by atomic mass is 16.6. The zero-order valence-corrected chi connectivity index (χ0v) is 15.6. The van der Waals surface area contributed by atoms with Crippen molar-refractivity contribution in [3.05, 3.63) is 46.2 Å². The van der Waals surface area contributed by atoms with Crippen molar-refractivity contribution >= 4 is 11.8 Å². The predicted molar refractivity (Wildman–Crippen MR) is 97.0 cm³/mol. The fourth-order valence-corrected chi connectivity index (χ4v) is 2.08. The highest BCUT2D eigenvalue weighted by Crippen LogP contribution is 2.27. The zero-order valence-electron chi connectivity index (χ0n) is 15.6. The van der Waals surface area contributed by atoms with Gasteiger partial charge in [0.05, 0.1) is 24.2 Å². The van der Waals surface area contributed by atoms with E-state index in [4.69, 9.17) is 9.47 Å². The third-order valence-electron chi connectivity index (χ3n) is 3.32. The maximum absolute atomic E-state index is 12.1. The maximum Gasteiger partial charge on any atom is 0.407 e. The van der Waals surface area contributed by atoms with E-state index in [1.54, 1.807) is 6.92 Å².